The molecule has 0 aliphatic carbocycles. The number of ketones is 1. The molecular formula is C14H18O4. The van der Waals surface area contributed by atoms with E-state index < -0.39 is 6.10 Å². The fourth-order valence-electron chi connectivity index (χ4n) is 1.33. The monoisotopic (exact) mass is 250 g/mol. The summed E-state index contributed by atoms with van der Waals surface area (Å²) >= 11 is 0. The van der Waals surface area contributed by atoms with E-state index in [-0.39, 0.29) is 19.0 Å². The van der Waals surface area contributed by atoms with Gasteiger partial charge in [0.15, 0.2) is 5.78 Å². The SMILES string of the molecule is C=CCOC[C@H](O)COc1cccc(C(C)=O)c1. The van der Waals surface area contributed by atoms with Crippen LogP contribution >= 0.6 is 0 Å². The van der Waals surface area contributed by atoms with E-state index in [0.29, 0.717) is 17.9 Å². The molecule has 0 fully saturated rings. The zero-order chi connectivity index (χ0) is 13.4. The fourth-order valence-corrected chi connectivity index (χ4v) is 1.33. The molecule has 0 spiro atoms. The molecule has 0 aliphatic rings. The van der Waals surface area contributed by atoms with Gasteiger partial charge in [0.2, 0.25) is 0 Å². The molecule has 1 aromatic rings. The maximum Gasteiger partial charge on any atom is 0.159 e. The topological polar surface area (TPSA) is 55.8 Å². The van der Waals surface area contributed by atoms with E-state index in [1.165, 1.54) is 6.92 Å². The van der Waals surface area contributed by atoms with Gasteiger partial charge in [0.1, 0.15) is 18.5 Å². The van der Waals surface area contributed by atoms with Crippen LogP contribution in [-0.4, -0.2) is 36.8 Å². The third-order valence-electron chi connectivity index (χ3n) is 2.23. The van der Waals surface area contributed by atoms with Gasteiger partial charge in [-0.15, -0.1) is 6.58 Å². The Morgan fingerprint density at radius 2 is 2.28 bits per heavy atom. The molecule has 18 heavy (non-hydrogen) atoms. The number of Topliss-reactive ketones (excluding diaryl/α,β-unsaturated/α-hetero) is 1. The lowest BCUT2D eigenvalue weighted by Gasteiger charge is -2.12. The fraction of sp³-hybridized carbons (Fsp3) is 0.357. The van der Waals surface area contributed by atoms with E-state index in [1.54, 1.807) is 30.3 Å². The second-order valence-electron chi connectivity index (χ2n) is 3.87. The van der Waals surface area contributed by atoms with Crippen molar-refractivity contribution in [3.63, 3.8) is 0 Å². The maximum atomic E-state index is 11.2. The van der Waals surface area contributed by atoms with Crippen LogP contribution in [-0.2, 0) is 4.74 Å². The predicted octanol–water partition coefficient (Wildman–Crippen LogP) is 1.83. The third kappa shape index (κ3) is 5.12. The molecule has 0 radical (unpaired) electrons. The highest BCUT2D eigenvalue weighted by Crippen LogP contribution is 2.13. The summed E-state index contributed by atoms with van der Waals surface area (Å²) < 4.78 is 10.5. The minimum Gasteiger partial charge on any atom is -0.491 e. The van der Waals surface area contributed by atoms with Crippen molar-refractivity contribution in [2.75, 3.05) is 19.8 Å². The molecule has 4 nitrogen and oxygen atoms in total. The van der Waals surface area contributed by atoms with Crippen molar-refractivity contribution in [1.82, 2.24) is 0 Å². The van der Waals surface area contributed by atoms with E-state index in [9.17, 15) is 9.90 Å². The molecule has 0 heterocycles. The van der Waals surface area contributed by atoms with Crippen LogP contribution in [0.5, 0.6) is 5.75 Å². The molecule has 0 bridgehead atoms. The highest BCUT2D eigenvalue weighted by molar-refractivity contribution is 5.94. The minimum absolute atomic E-state index is 0.0182. The summed E-state index contributed by atoms with van der Waals surface area (Å²) in [4.78, 5) is 11.2. The Morgan fingerprint density at radius 1 is 1.50 bits per heavy atom. The smallest absolute Gasteiger partial charge is 0.159 e. The van der Waals surface area contributed by atoms with Crippen molar-refractivity contribution in [2.24, 2.45) is 0 Å². The van der Waals surface area contributed by atoms with Crippen LogP contribution in [0.2, 0.25) is 0 Å². The van der Waals surface area contributed by atoms with E-state index >= 15 is 0 Å². The van der Waals surface area contributed by atoms with E-state index in [1.807, 2.05) is 0 Å². The molecule has 0 amide bonds. The second kappa shape index (κ2) is 7.63. The molecule has 1 rings (SSSR count). The van der Waals surface area contributed by atoms with Crippen LogP contribution < -0.4 is 4.74 Å². The molecule has 1 N–H and O–H groups in total. The van der Waals surface area contributed by atoms with Crippen molar-refractivity contribution in [3.05, 3.63) is 42.5 Å². The average molecular weight is 250 g/mol. The quantitative estimate of drug-likeness (QED) is 0.434. The molecule has 0 saturated heterocycles. The average Bonchev–Trinajstić information content (AvgIpc) is 2.37. The Morgan fingerprint density at radius 3 is 2.94 bits per heavy atom. The molecular weight excluding hydrogens is 232 g/mol. The predicted molar refractivity (Wildman–Crippen MR) is 69.0 cm³/mol. The molecule has 0 aromatic heterocycles. The van der Waals surface area contributed by atoms with Crippen LogP contribution in [0.3, 0.4) is 0 Å². The van der Waals surface area contributed by atoms with Gasteiger partial charge in [0, 0.05) is 5.56 Å². The van der Waals surface area contributed by atoms with Gasteiger partial charge in [0.05, 0.1) is 13.2 Å². The van der Waals surface area contributed by atoms with E-state index in [4.69, 9.17) is 9.47 Å². The maximum absolute atomic E-state index is 11.2. The summed E-state index contributed by atoms with van der Waals surface area (Å²) in [5, 5.41) is 9.56. The molecule has 0 unspecified atom stereocenters. The van der Waals surface area contributed by atoms with Gasteiger partial charge in [-0.25, -0.2) is 0 Å². The lowest BCUT2D eigenvalue weighted by atomic mass is 10.1. The zero-order valence-electron chi connectivity index (χ0n) is 10.5. The number of hydrogen-bond donors (Lipinski definition) is 1. The highest BCUT2D eigenvalue weighted by atomic mass is 16.5. The Balaban J connectivity index is 2.40. The van der Waals surface area contributed by atoms with Gasteiger partial charge in [-0.2, -0.15) is 0 Å². The summed E-state index contributed by atoms with van der Waals surface area (Å²) in [6, 6.07) is 6.86. The van der Waals surface area contributed by atoms with Crippen LogP contribution in [0.1, 0.15) is 17.3 Å². The lowest BCUT2D eigenvalue weighted by molar-refractivity contribution is 0.0214. The number of hydrogen-bond acceptors (Lipinski definition) is 4. The van der Waals surface area contributed by atoms with E-state index in [2.05, 4.69) is 6.58 Å². The van der Waals surface area contributed by atoms with E-state index in [0.717, 1.165) is 0 Å². The first-order valence-corrected chi connectivity index (χ1v) is 5.74. The molecule has 4 heteroatoms. The first-order valence-electron chi connectivity index (χ1n) is 5.74. The number of aliphatic hydroxyl groups is 1. The number of carbonyl (C=O) groups is 1. The Hall–Kier alpha value is -1.65. The summed E-state index contributed by atoms with van der Waals surface area (Å²) in [5.74, 6) is 0.542. The Bertz CT molecular complexity index is 401. The lowest BCUT2D eigenvalue weighted by Crippen LogP contribution is -2.23. The first kappa shape index (κ1) is 14.4. The van der Waals surface area contributed by atoms with Crippen LogP contribution in [0.4, 0.5) is 0 Å². The number of ether oxygens (including phenoxy) is 2. The van der Waals surface area contributed by atoms with Crippen LogP contribution in [0.25, 0.3) is 0 Å². The number of carbonyl (C=O) groups excluding carboxylic acids is 1. The van der Waals surface area contributed by atoms with Crippen LogP contribution in [0, 0.1) is 0 Å². The van der Waals surface area contributed by atoms with Crippen molar-refractivity contribution >= 4 is 5.78 Å². The second-order valence-corrected chi connectivity index (χ2v) is 3.87. The number of rotatable bonds is 8. The van der Waals surface area contributed by atoms with Gasteiger partial charge in [-0.05, 0) is 19.1 Å². The number of aliphatic hydroxyl groups excluding tert-OH is 1. The largest absolute Gasteiger partial charge is 0.491 e. The standard InChI is InChI=1S/C14H18O4/c1-3-7-17-9-13(16)10-18-14-6-4-5-12(8-14)11(2)15/h3-6,8,13,16H,1,7,9-10H2,2H3/t13-/m0/s1. The molecule has 1 atom stereocenters. The molecule has 0 aliphatic heterocycles. The van der Waals surface area contributed by atoms with Crippen LogP contribution in [0.15, 0.2) is 36.9 Å². The van der Waals surface area contributed by atoms with Gasteiger partial charge in [-0.1, -0.05) is 18.2 Å². The normalized spacial score (nSPS) is 11.9. The molecule has 1 aromatic carbocycles. The van der Waals surface area contributed by atoms with Gasteiger partial charge in [-0.3, -0.25) is 4.79 Å². The zero-order valence-corrected chi connectivity index (χ0v) is 10.5. The Labute approximate surface area is 107 Å². The first-order chi connectivity index (χ1) is 8.63. The van der Waals surface area contributed by atoms with Crippen molar-refractivity contribution in [1.29, 1.82) is 0 Å². The number of benzene rings is 1. The Kier molecular flexibility index (Phi) is 6.11. The van der Waals surface area contributed by atoms with Gasteiger partial charge in [0.25, 0.3) is 0 Å². The molecule has 0 saturated carbocycles. The summed E-state index contributed by atoms with van der Waals surface area (Å²) in [6.07, 6.45) is 0.912. The summed E-state index contributed by atoms with van der Waals surface area (Å²) in [7, 11) is 0. The molecule has 98 valence electrons. The third-order valence-corrected chi connectivity index (χ3v) is 2.23. The highest BCUT2D eigenvalue weighted by Gasteiger charge is 2.06. The van der Waals surface area contributed by atoms with Crippen molar-refractivity contribution in [3.8, 4) is 5.75 Å². The van der Waals surface area contributed by atoms with Gasteiger partial charge < -0.3 is 14.6 Å². The van der Waals surface area contributed by atoms with Gasteiger partial charge >= 0.3 is 0 Å². The van der Waals surface area contributed by atoms with Crippen molar-refractivity contribution < 1.29 is 19.4 Å². The summed E-state index contributed by atoms with van der Waals surface area (Å²) in [5.41, 5.74) is 0.588. The minimum atomic E-state index is -0.703. The van der Waals surface area contributed by atoms with Crippen molar-refractivity contribution in [2.45, 2.75) is 13.0 Å². The summed E-state index contributed by atoms with van der Waals surface area (Å²) in [6.45, 7) is 5.72.